The van der Waals surface area contributed by atoms with Crippen molar-refractivity contribution in [2.24, 2.45) is 11.3 Å². The molecule has 0 heterocycles. The van der Waals surface area contributed by atoms with Gasteiger partial charge in [-0.25, -0.2) is 0 Å². The molecule has 2 aromatic carbocycles. The first kappa shape index (κ1) is 22.3. The molecule has 5 heteroatoms. The van der Waals surface area contributed by atoms with Gasteiger partial charge >= 0.3 is 5.97 Å². The molecule has 0 spiro atoms. The van der Waals surface area contributed by atoms with E-state index in [1.807, 2.05) is 0 Å². The van der Waals surface area contributed by atoms with Crippen LogP contribution in [0.1, 0.15) is 58.4 Å². The third-order valence-electron chi connectivity index (χ3n) is 5.99. The molecule has 1 aliphatic rings. The van der Waals surface area contributed by atoms with Crippen LogP contribution in [0.2, 0.25) is 0 Å². The summed E-state index contributed by atoms with van der Waals surface area (Å²) in [7, 11) is 0. The molecule has 0 amide bonds. The molecule has 2 aromatic rings. The van der Waals surface area contributed by atoms with E-state index >= 15 is 0 Å². The third kappa shape index (κ3) is 6.32. The van der Waals surface area contributed by atoms with Gasteiger partial charge in [0.1, 0.15) is 5.75 Å². The van der Waals surface area contributed by atoms with Crippen molar-refractivity contribution in [2.75, 3.05) is 6.54 Å². The quantitative estimate of drug-likeness (QED) is 0.356. The number of carboxylic acid groups (broad SMARTS) is 1. The molecule has 158 valence electrons. The van der Waals surface area contributed by atoms with Gasteiger partial charge in [0.2, 0.25) is 0 Å². The van der Waals surface area contributed by atoms with Crippen LogP contribution in [0.4, 0.5) is 0 Å². The minimum Gasteiger partial charge on any atom is -0.490 e. The van der Waals surface area contributed by atoms with Crippen molar-refractivity contribution in [3.8, 4) is 5.75 Å². The maximum Gasteiger partial charge on any atom is 0.304 e. The topological polar surface area (TPSA) is 58.6 Å². The van der Waals surface area contributed by atoms with Crippen LogP contribution in [-0.2, 0) is 11.3 Å². The van der Waals surface area contributed by atoms with Gasteiger partial charge in [0.25, 0.3) is 0 Å². The molecule has 0 unspecified atom stereocenters. The van der Waals surface area contributed by atoms with Crippen molar-refractivity contribution in [3.05, 3.63) is 39.5 Å². The van der Waals surface area contributed by atoms with E-state index in [0.29, 0.717) is 24.6 Å². The molecule has 1 aliphatic carbocycles. The highest BCUT2D eigenvalue weighted by atomic mass is 127. The van der Waals surface area contributed by atoms with Gasteiger partial charge in [-0.05, 0) is 94.1 Å². The van der Waals surface area contributed by atoms with E-state index in [9.17, 15) is 4.79 Å². The predicted octanol–water partition coefficient (Wildman–Crippen LogP) is 5.99. The first-order valence-electron chi connectivity index (χ1n) is 10.5. The average Bonchev–Trinajstić information content (AvgIpc) is 2.65. The summed E-state index contributed by atoms with van der Waals surface area (Å²) >= 11 is 2.38. The number of hydrogen-bond donors (Lipinski definition) is 2. The number of hydrogen-bond acceptors (Lipinski definition) is 3. The summed E-state index contributed by atoms with van der Waals surface area (Å²) in [6.45, 7) is 8.20. The molecule has 0 aliphatic heterocycles. The normalized spacial score (nSPS) is 20.0. The van der Waals surface area contributed by atoms with E-state index in [1.165, 1.54) is 27.2 Å². The van der Waals surface area contributed by atoms with Crippen LogP contribution in [0.25, 0.3) is 10.8 Å². The highest BCUT2D eigenvalue weighted by Crippen LogP contribution is 2.39. The molecule has 1 saturated carbocycles. The van der Waals surface area contributed by atoms with Crippen LogP contribution in [0, 0.1) is 14.9 Å². The Kier molecular flexibility index (Phi) is 7.43. The molecular formula is C24H32INO3. The van der Waals surface area contributed by atoms with Crippen molar-refractivity contribution in [2.45, 2.75) is 65.5 Å². The fourth-order valence-electron chi connectivity index (χ4n) is 4.18. The summed E-state index contributed by atoms with van der Waals surface area (Å²) < 4.78 is 7.55. The second kappa shape index (κ2) is 9.65. The third-order valence-corrected chi connectivity index (χ3v) is 6.88. The van der Waals surface area contributed by atoms with Crippen LogP contribution in [-0.4, -0.2) is 23.7 Å². The minimum atomic E-state index is -0.773. The zero-order valence-corrected chi connectivity index (χ0v) is 19.8. The molecule has 3 rings (SSSR count). The Hall–Kier alpha value is -1.34. The van der Waals surface area contributed by atoms with Crippen LogP contribution in [0.5, 0.6) is 5.75 Å². The first-order valence-corrected chi connectivity index (χ1v) is 11.6. The summed E-state index contributed by atoms with van der Waals surface area (Å²) in [5, 5.41) is 14.3. The van der Waals surface area contributed by atoms with E-state index in [-0.39, 0.29) is 6.42 Å². The number of aliphatic carboxylic acids is 1. The van der Waals surface area contributed by atoms with Crippen molar-refractivity contribution < 1.29 is 14.6 Å². The Labute approximate surface area is 187 Å². The molecule has 0 radical (unpaired) electrons. The second-order valence-corrected chi connectivity index (χ2v) is 10.4. The standard InChI is InChI=1S/C24H32INO3/c1-24(2,3)18-6-8-19(9-7-18)29-20-13-17-5-4-16(12-21(17)22(25)14-20)15-26-11-10-23(27)28/h4-5,12-14,18-19,26H,6-11,15H2,1-3H3,(H,27,28). The molecule has 0 atom stereocenters. The lowest BCUT2D eigenvalue weighted by Crippen LogP contribution is -2.30. The van der Waals surface area contributed by atoms with Crippen molar-refractivity contribution in [1.29, 1.82) is 0 Å². The number of carboxylic acids is 1. The van der Waals surface area contributed by atoms with Gasteiger partial charge in [-0.1, -0.05) is 32.9 Å². The largest absolute Gasteiger partial charge is 0.490 e. The van der Waals surface area contributed by atoms with Crippen LogP contribution < -0.4 is 10.1 Å². The lowest BCUT2D eigenvalue weighted by atomic mass is 9.72. The van der Waals surface area contributed by atoms with Crippen LogP contribution in [0.15, 0.2) is 30.3 Å². The Morgan fingerprint density at radius 1 is 1.17 bits per heavy atom. The number of benzene rings is 2. The van der Waals surface area contributed by atoms with E-state index in [4.69, 9.17) is 9.84 Å². The molecule has 29 heavy (non-hydrogen) atoms. The Morgan fingerprint density at radius 2 is 1.90 bits per heavy atom. The first-order chi connectivity index (χ1) is 13.7. The number of carbonyl (C=O) groups is 1. The Bertz CT molecular complexity index is 851. The van der Waals surface area contributed by atoms with Crippen molar-refractivity contribution in [1.82, 2.24) is 5.32 Å². The van der Waals surface area contributed by atoms with Gasteiger partial charge in [-0.15, -0.1) is 0 Å². The number of halogens is 1. The highest BCUT2D eigenvalue weighted by Gasteiger charge is 2.30. The maximum atomic E-state index is 10.6. The zero-order chi connectivity index (χ0) is 21.0. The summed E-state index contributed by atoms with van der Waals surface area (Å²) in [6, 6.07) is 10.7. The fourth-order valence-corrected chi connectivity index (χ4v) is 4.95. The summed E-state index contributed by atoms with van der Waals surface area (Å²) in [4.78, 5) is 10.6. The second-order valence-electron chi connectivity index (χ2n) is 9.24. The zero-order valence-electron chi connectivity index (χ0n) is 17.6. The Balaban J connectivity index is 1.62. The summed E-state index contributed by atoms with van der Waals surface area (Å²) in [5.74, 6) is 0.986. The van der Waals surface area contributed by atoms with Gasteiger partial charge in [0, 0.05) is 16.7 Å². The van der Waals surface area contributed by atoms with Gasteiger partial charge in [-0.3, -0.25) is 4.79 Å². The lowest BCUT2D eigenvalue weighted by Gasteiger charge is -2.37. The monoisotopic (exact) mass is 509 g/mol. The molecule has 1 fully saturated rings. The van der Waals surface area contributed by atoms with Crippen molar-refractivity contribution in [3.63, 3.8) is 0 Å². The molecule has 2 N–H and O–H groups in total. The minimum absolute atomic E-state index is 0.142. The van der Waals surface area contributed by atoms with Crippen LogP contribution >= 0.6 is 22.6 Å². The van der Waals surface area contributed by atoms with Crippen LogP contribution in [0.3, 0.4) is 0 Å². The van der Waals surface area contributed by atoms with Gasteiger partial charge < -0.3 is 15.2 Å². The maximum absolute atomic E-state index is 10.6. The summed E-state index contributed by atoms with van der Waals surface area (Å²) in [5.41, 5.74) is 1.55. The van der Waals surface area contributed by atoms with E-state index in [1.54, 1.807) is 0 Å². The number of nitrogens with one attached hydrogen (secondary N) is 1. The van der Waals surface area contributed by atoms with E-state index < -0.39 is 5.97 Å². The molecular weight excluding hydrogens is 477 g/mol. The number of fused-ring (bicyclic) bond motifs is 1. The predicted molar refractivity (Wildman–Crippen MR) is 126 cm³/mol. The van der Waals surface area contributed by atoms with Crippen molar-refractivity contribution >= 4 is 39.3 Å². The van der Waals surface area contributed by atoms with E-state index in [2.05, 4.69) is 79.0 Å². The fraction of sp³-hybridized carbons (Fsp3) is 0.542. The van der Waals surface area contributed by atoms with E-state index in [0.717, 1.165) is 30.1 Å². The van der Waals surface area contributed by atoms with Gasteiger partial charge in [-0.2, -0.15) is 0 Å². The summed E-state index contributed by atoms with van der Waals surface area (Å²) in [6.07, 6.45) is 5.23. The molecule has 4 nitrogen and oxygen atoms in total. The highest BCUT2D eigenvalue weighted by molar-refractivity contribution is 14.1. The smallest absolute Gasteiger partial charge is 0.304 e. The number of ether oxygens (including phenoxy) is 1. The molecule has 0 aromatic heterocycles. The lowest BCUT2D eigenvalue weighted by molar-refractivity contribution is -0.136. The Morgan fingerprint density at radius 3 is 2.55 bits per heavy atom. The van der Waals surface area contributed by atoms with Gasteiger partial charge in [0.15, 0.2) is 0 Å². The van der Waals surface area contributed by atoms with Gasteiger partial charge in [0.05, 0.1) is 12.5 Å². The SMILES string of the molecule is CC(C)(C)C1CCC(Oc2cc(I)c3cc(CNCCC(=O)O)ccc3c2)CC1. The molecule has 0 saturated heterocycles. The number of rotatable bonds is 7. The average molecular weight is 509 g/mol. The molecule has 0 bridgehead atoms.